The predicted molar refractivity (Wildman–Crippen MR) is 127 cm³/mol. The molecule has 0 radical (unpaired) electrons. The molecule has 2 aliphatic heterocycles. The first kappa shape index (κ1) is 22.3. The van der Waals surface area contributed by atoms with E-state index in [1.807, 2.05) is 12.1 Å². The third-order valence-electron chi connectivity index (χ3n) is 7.30. The normalized spacial score (nSPS) is 24.9. The van der Waals surface area contributed by atoms with Gasteiger partial charge in [0.25, 0.3) is 0 Å². The number of likely N-dealkylation sites (N-methyl/N-ethyl adjacent to an activating group) is 2. The molecule has 31 heavy (non-hydrogen) atoms. The van der Waals surface area contributed by atoms with Crippen molar-refractivity contribution in [2.75, 3.05) is 51.7 Å². The molecule has 2 heterocycles. The Morgan fingerprint density at radius 2 is 1.81 bits per heavy atom. The molecule has 1 fully saturated rings. The number of nitrogens with two attached hydrogens (primary N) is 1. The molecule has 2 aromatic rings. The molecule has 0 unspecified atom stereocenters. The molecule has 0 aliphatic carbocycles. The lowest BCUT2D eigenvalue weighted by atomic mass is 9.78. The van der Waals surface area contributed by atoms with Crippen molar-refractivity contribution in [3.63, 3.8) is 0 Å². The van der Waals surface area contributed by atoms with Crippen molar-refractivity contribution in [2.45, 2.75) is 43.7 Å². The Bertz CT molecular complexity index is 855. The van der Waals surface area contributed by atoms with Crippen LogP contribution in [-0.2, 0) is 12.0 Å². The summed E-state index contributed by atoms with van der Waals surface area (Å²) in [5.74, 6) is -0.157. The fourth-order valence-electron chi connectivity index (χ4n) is 5.32. The maximum atomic E-state index is 13.0. The molecule has 168 valence electrons. The lowest BCUT2D eigenvalue weighted by molar-refractivity contribution is 0.0488. The average molecular weight is 425 g/mol. The van der Waals surface area contributed by atoms with Crippen LogP contribution < -0.4 is 10.6 Å². The van der Waals surface area contributed by atoms with Crippen molar-refractivity contribution in [3.8, 4) is 0 Å². The molecule has 0 aromatic heterocycles. The Balaban J connectivity index is 1.36. The van der Waals surface area contributed by atoms with Crippen molar-refractivity contribution in [3.05, 3.63) is 65.5 Å². The van der Waals surface area contributed by atoms with E-state index in [9.17, 15) is 4.39 Å². The van der Waals surface area contributed by atoms with Gasteiger partial charge in [-0.05, 0) is 81.2 Å². The van der Waals surface area contributed by atoms with Crippen LogP contribution in [0.5, 0.6) is 0 Å². The van der Waals surface area contributed by atoms with Crippen LogP contribution in [0.2, 0.25) is 0 Å². The fraction of sp³-hybridized carbons (Fsp3) is 0.538. The molecule has 4 nitrogen and oxygen atoms in total. The van der Waals surface area contributed by atoms with Gasteiger partial charge in [0.2, 0.25) is 0 Å². The number of unbranched alkanes of at least 4 members (excludes halogenated alkanes) is 2. The van der Waals surface area contributed by atoms with Gasteiger partial charge >= 0.3 is 0 Å². The molecule has 1 saturated heterocycles. The van der Waals surface area contributed by atoms with Crippen molar-refractivity contribution in [1.82, 2.24) is 9.80 Å². The molecule has 0 saturated carbocycles. The number of anilines is 1. The third-order valence-corrected chi connectivity index (χ3v) is 7.30. The second kappa shape index (κ2) is 9.68. The van der Waals surface area contributed by atoms with Crippen molar-refractivity contribution >= 4 is 5.69 Å². The van der Waals surface area contributed by atoms with Gasteiger partial charge in [-0.3, -0.25) is 4.90 Å². The highest BCUT2D eigenvalue weighted by atomic mass is 19.1. The minimum Gasteiger partial charge on any atom is -0.373 e. The number of fused-ring (bicyclic) bond motifs is 4. The summed E-state index contributed by atoms with van der Waals surface area (Å²) in [5.41, 5.74) is 10.6. The lowest BCUT2D eigenvalue weighted by Crippen LogP contribution is -2.64. The number of rotatable bonds is 6. The Hall–Kier alpha value is -1.95. The molecular formula is C26H37FN4. The van der Waals surface area contributed by atoms with E-state index in [4.69, 9.17) is 5.73 Å². The molecule has 2 aromatic carbocycles. The van der Waals surface area contributed by atoms with Gasteiger partial charge in [-0.15, -0.1) is 0 Å². The zero-order valence-corrected chi connectivity index (χ0v) is 19.1. The van der Waals surface area contributed by atoms with E-state index in [2.05, 4.69) is 53.1 Å². The number of nitrogens with zero attached hydrogens (tertiary/aromatic N) is 3. The smallest absolute Gasteiger partial charge is 0.123 e. The van der Waals surface area contributed by atoms with Gasteiger partial charge in [-0.2, -0.15) is 0 Å². The molecule has 2 aliphatic rings. The SMILES string of the molecule is CN1CCN(C)[C@H]2CCN(CCCCCc3ccc(F)cc3)C[C@@]2(N)c2cccc1c2. The van der Waals surface area contributed by atoms with E-state index in [0.717, 1.165) is 52.0 Å². The van der Waals surface area contributed by atoms with E-state index < -0.39 is 0 Å². The lowest BCUT2D eigenvalue weighted by Gasteiger charge is -2.49. The Kier molecular flexibility index (Phi) is 6.95. The summed E-state index contributed by atoms with van der Waals surface area (Å²) >= 11 is 0. The fourth-order valence-corrected chi connectivity index (χ4v) is 5.32. The summed E-state index contributed by atoms with van der Waals surface area (Å²) in [6, 6.07) is 16.1. The summed E-state index contributed by atoms with van der Waals surface area (Å²) in [7, 11) is 4.41. The van der Waals surface area contributed by atoms with E-state index in [0.29, 0.717) is 6.04 Å². The largest absolute Gasteiger partial charge is 0.373 e. The highest BCUT2D eigenvalue weighted by Crippen LogP contribution is 2.35. The zero-order chi connectivity index (χ0) is 21.8. The molecule has 2 N–H and O–H groups in total. The van der Waals surface area contributed by atoms with Gasteiger partial charge in [0.05, 0.1) is 5.54 Å². The second-order valence-electron chi connectivity index (χ2n) is 9.51. The second-order valence-corrected chi connectivity index (χ2v) is 9.51. The molecular weight excluding hydrogens is 387 g/mol. The van der Waals surface area contributed by atoms with Gasteiger partial charge in [0.1, 0.15) is 5.82 Å². The number of halogens is 1. The number of hydrogen-bond acceptors (Lipinski definition) is 4. The first-order chi connectivity index (χ1) is 15.0. The predicted octanol–water partition coefficient (Wildman–Crippen LogP) is 3.85. The number of benzene rings is 2. The zero-order valence-electron chi connectivity index (χ0n) is 19.1. The highest BCUT2D eigenvalue weighted by Gasteiger charge is 2.44. The van der Waals surface area contributed by atoms with Crippen molar-refractivity contribution < 1.29 is 4.39 Å². The van der Waals surface area contributed by atoms with Crippen LogP contribution in [0.15, 0.2) is 48.5 Å². The van der Waals surface area contributed by atoms with E-state index in [1.54, 1.807) is 12.1 Å². The van der Waals surface area contributed by atoms with Crippen LogP contribution in [0.3, 0.4) is 0 Å². The van der Waals surface area contributed by atoms with Gasteiger partial charge in [0, 0.05) is 38.4 Å². The first-order valence-electron chi connectivity index (χ1n) is 11.7. The summed E-state index contributed by atoms with van der Waals surface area (Å²) in [5, 5.41) is 0. The standard InChI is InChI=1S/C26H37FN4/c1-29-17-18-30(2)25-14-16-31(20-26(25,28)22-8-6-9-24(29)19-22)15-5-3-4-7-21-10-12-23(27)13-11-21/h6,8-13,19,25H,3-5,7,14-18,20,28H2,1-2H3/t25-,26+/m0/s1. The summed E-state index contributed by atoms with van der Waals surface area (Å²) in [6.07, 6.45) is 5.65. The topological polar surface area (TPSA) is 35.7 Å². The molecule has 5 heteroatoms. The van der Waals surface area contributed by atoms with Crippen molar-refractivity contribution in [2.24, 2.45) is 5.73 Å². The van der Waals surface area contributed by atoms with Crippen LogP contribution in [-0.4, -0.2) is 62.7 Å². The van der Waals surface area contributed by atoms with Crippen molar-refractivity contribution in [1.29, 1.82) is 0 Å². The molecule has 0 amide bonds. The Labute approximate surface area is 186 Å². The van der Waals surface area contributed by atoms with E-state index in [1.165, 1.54) is 29.7 Å². The number of likely N-dealkylation sites (tertiary alicyclic amines) is 1. The van der Waals surface area contributed by atoms with Crippen LogP contribution in [0.1, 0.15) is 36.8 Å². The minimum absolute atomic E-state index is 0.157. The quantitative estimate of drug-likeness (QED) is 0.715. The number of aryl methyl sites for hydroxylation is 1. The number of hydrogen-bond donors (Lipinski definition) is 1. The minimum atomic E-state index is -0.345. The Morgan fingerprint density at radius 3 is 2.61 bits per heavy atom. The van der Waals surface area contributed by atoms with Gasteiger partial charge in [0.15, 0.2) is 0 Å². The monoisotopic (exact) mass is 424 g/mol. The van der Waals surface area contributed by atoms with Crippen LogP contribution in [0.4, 0.5) is 10.1 Å². The van der Waals surface area contributed by atoms with Gasteiger partial charge < -0.3 is 15.5 Å². The summed E-state index contributed by atoms with van der Waals surface area (Å²) < 4.78 is 13.0. The molecule has 0 spiro atoms. The Morgan fingerprint density at radius 1 is 1.00 bits per heavy atom. The average Bonchev–Trinajstić information content (AvgIpc) is 2.80. The molecule has 2 atom stereocenters. The van der Waals surface area contributed by atoms with Crippen LogP contribution in [0.25, 0.3) is 0 Å². The molecule has 2 bridgehead atoms. The van der Waals surface area contributed by atoms with Gasteiger partial charge in [-0.25, -0.2) is 4.39 Å². The van der Waals surface area contributed by atoms with E-state index >= 15 is 0 Å². The maximum absolute atomic E-state index is 13.0. The maximum Gasteiger partial charge on any atom is 0.123 e. The first-order valence-corrected chi connectivity index (χ1v) is 11.7. The summed E-state index contributed by atoms with van der Waals surface area (Å²) in [4.78, 5) is 7.38. The summed E-state index contributed by atoms with van der Waals surface area (Å²) in [6.45, 7) is 5.17. The molecule has 4 rings (SSSR count). The number of piperidine rings is 1. The third kappa shape index (κ3) is 5.11. The van der Waals surface area contributed by atoms with Crippen LogP contribution in [0, 0.1) is 5.82 Å². The van der Waals surface area contributed by atoms with Gasteiger partial charge in [-0.1, -0.05) is 30.7 Å². The van der Waals surface area contributed by atoms with Crippen LogP contribution >= 0.6 is 0 Å². The van der Waals surface area contributed by atoms with E-state index in [-0.39, 0.29) is 11.4 Å². The highest BCUT2D eigenvalue weighted by molar-refractivity contribution is 5.50.